The van der Waals surface area contributed by atoms with E-state index in [0.29, 0.717) is 0 Å². The van der Waals surface area contributed by atoms with Crippen LogP contribution in [-0.2, 0) is 0 Å². The maximum absolute atomic E-state index is 9.07. The average molecular weight is 310 g/mol. The van der Waals surface area contributed by atoms with Crippen LogP contribution in [0.4, 0.5) is 0 Å². The lowest BCUT2D eigenvalue weighted by Gasteiger charge is -2.22. The standard InChI is InChI=1S/C20H14N4/c21-11-15(12-22)9-18-7-4-8-19(10-16(13-23)14-24)20(18)17-5-2-1-3-6-17/h1-3,5-6,9-10,15H,4,7-8H2/b18-9+. The van der Waals surface area contributed by atoms with Gasteiger partial charge in [0, 0.05) is 0 Å². The highest BCUT2D eigenvalue weighted by atomic mass is 14.3. The predicted octanol–water partition coefficient (Wildman–Crippen LogP) is 4.19. The minimum absolute atomic E-state index is 0.0526. The Morgan fingerprint density at radius 2 is 1.62 bits per heavy atom. The second-order valence-electron chi connectivity index (χ2n) is 5.33. The Kier molecular flexibility index (Phi) is 5.69. The van der Waals surface area contributed by atoms with Gasteiger partial charge in [-0.2, -0.15) is 21.0 Å². The van der Waals surface area contributed by atoms with Gasteiger partial charge in [0.25, 0.3) is 0 Å². The minimum Gasteiger partial charge on any atom is -0.197 e. The summed E-state index contributed by atoms with van der Waals surface area (Å²) in [4.78, 5) is 0. The second kappa shape index (κ2) is 8.14. The normalized spacial score (nSPS) is 15.1. The Bertz CT molecular complexity index is 845. The second-order valence-corrected chi connectivity index (χ2v) is 5.33. The molecule has 0 fully saturated rings. The van der Waals surface area contributed by atoms with Crippen LogP contribution in [0.3, 0.4) is 0 Å². The van der Waals surface area contributed by atoms with Crippen LogP contribution in [0, 0.1) is 51.2 Å². The van der Waals surface area contributed by atoms with Crippen molar-refractivity contribution in [1.29, 1.82) is 21.0 Å². The van der Waals surface area contributed by atoms with E-state index < -0.39 is 5.92 Å². The topological polar surface area (TPSA) is 95.2 Å². The molecule has 0 amide bonds. The van der Waals surface area contributed by atoms with Crippen LogP contribution in [0.25, 0.3) is 5.57 Å². The molecular formula is C20H14N4. The van der Waals surface area contributed by atoms with E-state index in [1.165, 1.54) is 0 Å². The van der Waals surface area contributed by atoms with Gasteiger partial charge in [0.15, 0.2) is 5.92 Å². The predicted molar refractivity (Wildman–Crippen MR) is 89.3 cm³/mol. The lowest BCUT2D eigenvalue weighted by atomic mass is 9.81. The fourth-order valence-electron chi connectivity index (χ4n) is 2.78. The molecule has 114 valence electrons. The summed E-state index contributed by atoms with van der Waals surface area (Å²) in [5.74, 6) is -0.812. The quantitative estimate of drug-likeness (QED) is 0.782. The summed E-state index contributed by atoms with van der Waals surface area (Å²) < 4.78 is 0. The summed E-state index contributed by atoms with van der Waals surface area (Å²) in [6.07, 6.45) is 5.66. The van der Waals surface area contributed by atoms with E-state index in [-0.39, 0.29) is 5.57 Å². The smallest absolute Gasteiger partial charge is 0.151 e. The summed E-state index contributed by atoms with van der Waals surface area (Å²) in [5, 5.41) is 36.2. The van der Waals surface area contributed by atoms with Gasteiger partial charge >= 0.3 is 0 Å². The lowest BCUT2D eigenvalue weighted by molar-refractivity contribution is 0.798. The highest BCUT2D eigenvalue weighted by Crippen LogP contribution is 2.38. The van der Waals surface area contributed by atoms with Crippen molar-refractivity contribution in [2.75, 3.05) is 0 Å². The van der Waals surface area contributed by atoms with Crippen LogP contribution in [0.2, 0.25) is 0 Å². The molecule has 2 rings (SSSR count). The molecule has 0 N–H and O–H groups in total. The highest BCUT2D eigenvalue weighted by molar-refractivity contribution is 5.84. The summed E-state index contributed by atoms with van der Waals surface area (Å²) in [7, 11) is 0. The summed E-state index contributed by atoms with van der Waals surface area (Å²) in [6, 6.07) is 17.4. The molecule has 0 atom stereocenters. The fraction of sp³-hybridized carbons (Fsp3) is 0.200. The molecule has 0 heterocycles. The molecule has 4 heteroatoms. The van der Waals surface area contributed by atoms with E-state index in [2.05, 4.69) is 0 Å². The number of benzene rings is 1. The zero-order chi connectivity index (χ0) is 17.4. The average Bonchev–Trinajstić information content (AvgIpc) is 2.64. The fourth-order valence-corrected chi connectivity index (χ4v) is 2.78. The Morgan fingerprint density at radius 1 is 0.958 bits per heavy atom. The number of nitriles is 4. The van der Waals surface area contributed by atoms with Crippen LogP contribution in [0.1, 0.15) is 24.8 Å². The van der Waals surface area contributed by atoms with Crippen molar-refractivity contribution >= 4 is 5.57 Å². The largest absolute Gasteiger partial charge is 0.197 e. The molecule has 0 saturated carbocycles. The maximum atomic E-state index is 9.07. The zero-order valence-electron chi connectivity index (χ0n) is 13.0. The number of hydrogen-bond acceptors (Lipinski definition) is 4. The SMILES string of the molecule is N#CC(C#N)=CC1=C(c2ccccc2)/C(=C/C(C#N)C#N)CCC1. The van der Waals surface area contributed by atoms with Crippen LogP contribution < -0.4 is 0 Å². The lowest BCUT2D eigenvalue weighted by Crippen LogP contribution is -2.04. The van der Waals surface area contributed by atoms with Crippen LogP contribution in [0.5, 0.6) is 0 Å². The third kappa shape index (κ3) is 3.78. The van der Waals surface area contributed by atoms with Crippen molar-refractivity contribution in [1.82, 2.24) is 0 Å². The van der Waals surface area contributed by atoms with E-state index in [1.807, 2.05) is 54.6 Å². The molecule has 0 spiro atoms. The van der Waals surface area contributed by atoms with Crippen LogP contribution >= 0.6 is 0 Å². The molecule has 0 radical (unpaired) electrons. The Hall–Kier alpha value is -3.60. The summed E-state index contributed by atoms with van der Waals surface area (Å²) >= 11 is 0. The van der Waals surface area contributed by atoms with E-state index in [1.54, 1.807) is 12.2 Å². The van der Waals surface area contributed by atoms with Gasteiger partial charge in [-0.1, -0.05) is 30.3 Å². The monoisotopic (exact) mass is 310 g/mol. The molecule has 0 bridgehead atoms. The number of allylic oxidation sites excluding steroid dienone is 6. The molecule has 1 aromatic rings. The van der Waals surface area contributed by atoms with Gasteiger partial charge in [-0.25, -0.2) is 0 Å². The van der Waals surface area contributed by atoms with Gasteiger partial charge in [0.1, 0.15) is 17.7 Å². The Labute approximate surface area is 141 Å². The van der Waals surface area contributed by atoms with E-state index in [0.717, 1.165) is 41.5 Å². The first-order valence-electron chi connectivity index (χ1n) is 7.54. The number of nitrogens with zero attached hydrogens (tertiary/aromatic N) is 4. The number of hydrogen-bond donors (Lipinski definition) is 0. The third-order valence-corrected chi connectivity index (χ3v) is 3.80. The first kappa shape index (κ1) is 16.8. The molecule has 0 saturated heterocycles. The van der Waals surface area contributed by atoms with Gasteiger partial charge in [-0.3, -0.25) is 0 Å². The van der Waals surface area contributed by atoms with E-state index in [4.69, 9.17) is 21.0 Å². The van der Waals surface area contributed by atoms with Crippen LogP contribution in [-0.4, -0.2) is 0 Å². The van der Waals surface area contributed by atoms with E-state index >= 15 is 0 Å². The molecule has 1 aliphatic carbocycles. The zero-order valence-corrected chi connectivity index (χ0v) is 13.0. The van der Waals surface area contributed by atoms with Crippen molar-refractivity contribution in [3.05, 3.63) is 64.8 Å². The Balaban J connectivity index is 2.68. The van der Waals surface area contributed by atoms with Crippen molar-refractivity contribution < 1.29 is 0 Å². The van der Waals surface area contributed by atoms with Gasteiger partial charge in [0.2, 0.25) is 0 Å². The minimum atomic E-state index is -0.812. The van der Waals surface area contributed by atoms with Crippen LogP contribution in [0.15, 0.2) is 59.2 Å². The number of rotatable bonds is 3. The van der Waals surface area contributed by atoms with Gasteiger partial charge in [-0.15, -0.1) is 0 Å². The molecular weight excluding hydrogens is 296 g/mol. The molecule has 0 unspecified atom stereocenters. The molecule has 4 nitrogen and oxygen atoms in total. The van der Waals surface area contributed by atoms with Crippen molar-refractivity contribution in [2.45, 2.75) is 19.3 Å². The molecule has 1 aromatic carbocycles. The molecule has 0 aliphatic heterocycles. The first-order valence-corrected chi connectivity index (χ1v) is 7.54. The maximum Gasteiger partial charge on any atom is 0.151 e. The summed E-state index contributed by atoms with van der Waals surface area (Å²) in [6.45, 7) is 0. The molecule has 1 aliphatic rings. The van der Waals surface area contributed by atoms with E-state index in [9.17, 15) is 0 Å². The van der Waals surface area contributed by atoms with Crippen molar-refractivity contribution in [2.24, 2.45) is 5.92 Å². The van der Waals surface area contributed by atoms with Gasteiger partial charge in [-0.05, 0) is 53.7 Å². The highest BCUT2D eigenvalue weighted by Gasteiger charge is 2.19. The van der Waals surface area contributed by atoms with Crippen molar-refractivity contribution in [3.63, 3.8) is 0 Å². The molecule has 24 heavy (non-hydrogen) atoms. The van der Waals surface area contributed by atoms with Gasteiger partial charge in [0.05, 0.1) is 12.1 Å². The third-order valence-electron chi connectivity index (χ3n) is 3.80. The first-order chi connectivity index (χ1) is 11.7. The molecule has 0 aromatic heterocycles. The summed E-state index contributed by atoms with van der Waals surface area (Å²) in [5.41, 5.74) is 3.74. The Morgan fingerprint density at radius 3 is 2.21 bits per heavy atom. The van der Waals surface area contributed by atoms with Gasteiger partial charge < -0.3 is 0 Å². The van der Waals surface area contributed by atoms with Crippen molar-refractivity contribution in [3.8, 4) is 24.3 Å².